The molecule has 1 saturated carbocycles. The van der Waals surface area contributed by atoms with Crippen LogP contribution in [0.2, 0.25) is 0 Å². The molecule has 8 nitrogen and oxygen atoms in total. The van der Waals surface area contributed by atoms with E-state index >= 15 is 0 Å². The third kappa shape index (κ3) is 3.78. The quantitative estimate of drug-likeness (QED) is 0.614. The van der Waals surface area contributed by atoms with Crippen LogP contribution < -0.4 is 10.4 Å². The van der Waals surface area contributed by atoms with Crippen LogP contribution in [0.4, 0.5) is 0 Å². The Morgan fingerprint density at radius 3 is 2.72 bits per heavy atom. The van der Waals surface area contributed by atoms with E-state index in [9.17, 15) is 9.59 Å². The fourth-order valence-electron chi connectivity index (χ4n) is 5.19. The van der Waals surface area contributed by atoms with E-state index < -0.39 is 0 Å². The molecule has 0 unspecified atom stereocenters. The van der Waals surface area contributed by atoms with Gasteiger partial charge in [0, 0.05) is 38.1 Å². The highest BCUT2D eigenvalue weighted by molar-refractivity contribution is 5.94. The molecule has 3 aromatic rings. The molecule has 2 aliphatic rings. The molecule has 3 aromatic heterocycles. The van der Waals surface area contributed by atoms with Gasteiger partial charge in [-0.05, 0) is 43.4 Å². The van der Waals surface area contributed by atoms with Gasteiger partial charge in [-0.1, -0.05) is 19.3 Å². The van der Waals surface area contributed by atoms with Gasteiger partial charge in [0.25, 0.3) is 5.91 Å². The van der Waals surface area contributed by atoms with Gasteiger partial charge in [-0.15, -0.1) is 0 Å². The highest BCUT2D eigenvalue weighted by Crippen LogP contribution is 2.28. The maximum absolute atomic E-state index is 13.5. The Bertz CT molecular complexity index is 1160. The lowest BCUT2D eigenvalue weighted by atomic mass is 9.89. The first kappa shape index (κ1) is 20.7. The molecule has 2 fully saturated rings. The summed E-state index contributed by atoms with van der Waals surface area (Å²) in [5.41, 5.74) is 2.14. The van der Waals surface area contributed by atoms with Gasteiger partial charge in [-0.25, -0.2) is 14.8 Å². The van der Waals surface area contributed by atoms with E-state index in [1.807, 2.05) is 21.3 Å². The molecule has 0 spiro atoms. The lowest BCUT2D eigenvalue weighted by Gasteiger charge is -2.21. The highest BCUT2D eigenvalue weighted by atomic mass is 16.5. The first-order valence-electron chi connectivity index (χ1n) is 11.5. The number of likely N-dealkylation sites (tertiary alicyclic amines) is 1. The summed E-state index contributed by atoms with van der Waals surface area (Å²) in [6.45, 7) is 1.84. The number of carbonyl (C=O) groups excluding carboxylic acids is 1. The molecule has 5 rings (SSSR count). The van der Waals surface area contributed by atoms with Crippen molar-refractivity contribution in [3.8, 4) is 5.88 Å². The number of hydrogen-bond donors (Lipinski definition) is 0. The van der Waals surface area contributed by atoms with Crippen molar-refractivity contribution >= 4 is 17.1 Å². The zero-order valence-electron chi connectivity index (χ0n) is 18.4. The molecule has 1 saturated heterocycles. The number of fused-ring (bicyclic) bond motifs is 1. The van der Waals surface area contributed by atoms with Gasteiger partial charge in [0.05, 0.1) is 24.2 Å². The van der Waals surface area contributed by atoms with E-state index in [1.165, 1.54) is 38.3 Å². The van der Waals surface area contributed by atoms with Crippen LogP contribution in [0.25, 0.3) is 11.2 Å². The average Bonchev–Trinajstić information content (AvgIpc) is 3.42. The lowest BCUT2D eigenvalue weighted by Crippen LogP contribution is -2.33. The van der Waals surface area contributed by atoms with Crippen molar-refractivity contribution < 1.29 is 9.53 Å². The number of aromatic nitrogens is 4. The molecule has 32 heavy (non-hydrogen) atoms. The predicted molar refractivity (Wildman–Crippen MR) is 121 cm³/mol. The summed E-state index contributed by atoms with van der Waals surface area (Å²) in [6, 6.07) is 7.22. The van der Waals surface area contributed by atoms with Crippen molar-refractivity contribution in [2.24, 2.45) is 5.92 Å². The van der Waals surface area contributed by atoms with Gasteiger partial charge >= 0.3 is 5.69 Å². The van der Waals surface area contributed by atoms with Crippen molar-refractivity contribution in [1.29, 1.82) is 0 Å². The lowest BCUT2D eigenvalue weighted by molar-refractivity contribution is 0.0787. The maximum atomic E-state index is 13.5. The second kappa shape index (κ2) is 8.76. The molecule has 1 amide bonds. The van der Waals surface area contributed by atoms with Gasteiger partial charge in [0.1, 0.15) is 0 Å². The number of hydrogen-bond acceptors (Lipinski definition) is 5. The van der Waals surface area contributed by atoms with E-state index in [4.69, 9.17) is 4.74 Å². The number of methoxy groups -OCH3 is 1. The Labute approximate surface area is 186 Å². The van der Waals surface area contributed by atoms with Gasteiger partial charge in [-0.3, -0.25) is 13.9 Å². The number of rotatable bonds is 5. The molecule has 0 aromatic carbocycles. The third-order valence-corrected chi connectivity index (χ3v) is 6.90. The smallest absolute Gasteiger partial charge is 0.330 e. The molecule has 4 heterocycles. The third-order valence-electron chi connectivity index (χ3n) is 6.90. The SMILES string of the molecule is COc1ccc(C(=O)N2CC[C@@H](n3c(=O)n(CC4CCCCC4)c4cccnc43)C2)cn1. The Kier molecular flexibility index (Phi) is 5.68. The van der Waals surface area contributed by atoms with Crippen molar-refractivity contribution in [1.82, 2.24) is 24.0 Å². The van der Waals surface area contributed by atoms with Crippen molar-refractivity contribution in [3.05, 3.63) is 52.7 Å². The van der Waals surface area contributed by atoms with E-state index in [2.05, 4.69) is 9.97 Å². The Morgan fingerprint density at radius 2 is 1.97 bits per heavy atom. The van der Waals surface area contributed by atoms with E-state index in [-0.39, 0.29) is 17.6 Å². The topological polar surface area (TPSA) is 82.2 Å². The van der Waals surface area contributed by atoms with Crippen LogP contribution in [0.5, 0.6) is 5.88 Å². The van der Waals surface area contributed by atoms with Crippen LogP contribution in [0.3, 0.4) is 0 Å². The van der Waals surface area contributed by atoms with Gasteiger partial charge in [-0.2, -0.15) is 0 Å². The molecule has 8 heteroatoms. The molecular formula is C24H29N5O3. The van der Waals surface area contributed by atoms with Crippen LogP contribution in [0.1, 0.15) is 54.9 Å². The monoisotopic (exact) mass is 435 g/mol. The summed E-state index contributed by atoms with van der Waals surface area (Å²) in [5, 5.41) is 0. The van der Waals surface area contributed by atoms with Crippen LogP contribution in [0.15, 0.2) is 41.5 Å². The van der Waals surface area contributed by atoms with Crippen molar-refractivity contribution in [3.63, 3.8) is 0 Å². The number of pyridine rings is 2. The molecule has 168 valence electrons. The highest BCUT2D eigenvalue weighted by Gasteiger charge is 2.32. The van der Waals surface area contributed by atoms with E-state index in [0.29, 0.717) is 30.5 Å². The predicted octanol–water partition coefficient (Wildman–Crippen LogP) is 3.27. The molecular weight excluding hydrogens is 406 g/mol. The molecule has 1 atom stereocenters. The Balaban J connectivity index is 1.40. The number of amides is 1. The number of carbonyl (C=O) groups is 1. The van der Waals surface area contributed by atoms with E-state index in [1.54, 1.807) is 30.3 Å². The van der Waals surface area contributed by atoms with Crippen LogP contribution in [0, 0.1) is 5.92 Å². The fraction of sp³-hybridized carbons (Fsp3) is 0.500. The van der Waals surface area contributed by atoms with Gasteiger partial charge < -0.3 is 9.64 Å². The first-order valence-corrected chi connectivity index (χ1v) is 11.5. The summed E-state index contributed by atoms with van der Waals surface area (Å²) in [5.74, 6) is 0.948. The zero-order valence-corrected chi connectivity index (χ0v) is 18.4. The average molecular weight is 436 g/mol. The molecule has 1 aliphatic heterocycles. The maximum Gasteiger partial charge on any atom is 0.330 e. The molecule has 0 radical (unpaired) electrons. The summed E-state index contributed by atoms with van der Waals surface area (Å²) >= 11 is 0. The van der Waals surface area contributed by atoms with Gasteiger partial charge in [0.15, 0.2) is 5.65 Å². The van der Waals surface area contributed by atoms with Crippen molar-refractivity contribution in [2.45, 2.75) is 51.1 Å². The first-order chi connectivity index (χ1) is 15.7. The van der Waals surface area contributed by atoms with Crippen molar-refractivity contribution in [2.75, 3.05) is 20.2 Å². The summed E-state index contributed by atoms with van der Waals surface area (Å²) in [6.07, 6.45) is 10.2. The normalized spacial score (nSPS) is 19.5. The van der Waals surface area contributed by atoms with E-state index in [0.717, 1.165) is 24.1 Å². The minimum Gasteiger partial charge on any atom is -0.481 e. The minimum absolute atomic E-state index is 0.00492. The largest absolute Gasteiger partial charge is 0.481 e. The number of ether oxygens (including phenoxy) is 1. The minimum atomic E-state index is -0.0809. The summed E-state index contributed by atoms with van der Waals surface area (Å²) < 4.78 is 8.81. The number of nitrogens with zero attached hydrogens (tertiary/aromatic N) is 5. The van der Waals surface area contributed by atoms with Crippen LogP contribution in [-0.4, -0.2) is 50.1 Å². The summed E-state index contributed by atoms with van der Waals surface area (Å²) in [7, 11) is 1.55. The van der Waals surface area contributed by atoms with Crippen LogP contribution in [-0.2, 0) is 6.54 Å². The molecule has 1 aliphatic carbocycles. The Hall–Kier alpha value is -3.16. The second-order valence-corrected chi connectivity index (χ2v) is 8.90. The second-order valence-electron chi connectivity index (χ2n) is 8.90. The Morgan fingerprint density at radius 1 is 1.12 bits per heavy atom. The fourth-order valence-corrected chi connectivity index (χ4v) is 5.19. The standard InChI is InChI=1S/C24H29N5O3/c1-32-21-10-9-18(14-26-21)23(30)27-13-11-19(16-27)29-22-20(8-5-12-25-22)28(24(29)31)15-17-6-3-2-4-7-17/h5,8-10,12,14,17,19H,2-4,6-7,11,13,15-16H2,1H3/t19-/m1/s1. The molecule has 0 N–H and O–H groups in total. The van der Waals surface area contributed by atoms with Crippen LogP contribution >= 0.6 is 0 Å². The number of imidazole rings is 1. The summed E-state index contributed by atoms with van der Waals surface area (Å²) in [4.78, 5) is 37.0. The molecule has 0 bridgehead atoms. The zero-order chi connectivity index (χ0) is 22.1. The van der Waals surface area contributed by atoms with Gasteiger partial charge in [0.2, 0.25) is 5.88 Å².